The van der Waals surface area contributed by atoms with Crippen molar-refractivity contribution in [1.29, 1.82) is 0 Å². The third kappa shape index (κ3) is 31.0. The molecule has 0 heterocycles. The molecule has 0 amide bonds. The summed E-state index contributed by atoms with van der Waals surface area (Å²) in [5, 5.41) is 80.8. The van der Waals surface area contributed by atoms with Crippen LogP contribution in [-0.2, 0) is 32.7 Å². The first kappa shape index (κ1) is 62.7. The molecule has 1 rings (SSSR count). The molecule has 0 spiro atoms. The molecule has 1 fully saturated rings. The van der Waals surface area contributed by atoms with Gasteiger partial charge in [-0.1, -0.05) is 156 Å². The van der Waals surface area contributed by atoms with Crippen molar-refractivity contribution in [2.24, 2.45) is 0 Å². The van der Waals surface area contributed by atoms with Gasteiger partial charge in [-0.25, -0.2) is 4.57 Å². The Morgan fingerprint density at radius 3 is 1.72 bits per heavy atom. The summed E-state index contributed by atoms with van der Waals surface area (Å²) >= 11 is 0. The molecule has 388 valence electrons. The smallest absolute Gasteiger partial charge is 0.462 e. The number of hydrogen-bond donors (Lipinski definition) is 9. The molecule has 0 aliphatic heterocycles. The molecule has 17 heteroatoms. The largest absolute Gasteiger partial charge is 0.472 e. The first-order valence-electron chi connectivity index (χ1n) is 24.4. The molecule has 3 unspecified atom stereocenters. The minimum absolute atomic E-state index is 0.000999. The van der Waals surface area contributed by atoms with E-state index in [9.17, 15) is 59.9 Å². The van der Waals surface area contributed by atoms with Crippen LogP contribution >= 0.6 is 7.82 Å². The topological polar surface area (TPSA) is 270 Å². The number of allylic oxidation sites excluding steroid dienone is 14. The summed E-state index contributed by atoms with van der Waals surface area (Å²) in [7, 11) is -5.22. The van der Waals surface area contributed by atoms with Gasteiger partial charge >= 0.3 is 19.8 Å². The van der Waals surface area contributed by atoms with Crippen LogP contribution < -0.4 is 0 Å². The molecule has 0 radical (unpaired) electrons. The van der Waals surface area contributed by atoms with Gasteiger partial charge in [-0.05, 0) is 64.2 Å². The number of aliphatic hydroxyl groups excluding tert-OH is 8. The lowest BCUT2D eigenvalue weighted by Gasteiger charge is -2.41. The Morgan fingerprint density at radius 1 is 0.574 bits per heavy atom. The second-order valence-electron chi connectivity index (χ2n) is 16.8. The second kappa shape index (κ2) is 39.4. The third-order valence-corrected chi connectivity index (χ3v) is 11.8. The minimum atomic E-state index is -5.22. The van der Waals surface area contributed by atoms with E-state index in [4.69, 9.17) is 18.5 Å². The summed E-state index contributed by atoms with van der Waals surface area (Å²) in [5.74, 6) is -1.46. The van der Waals surface area contributed by atoms with Gasteiger partial charge in [0.25, 0.3) is 0 Å². The van der Waals surface area contributed by atoms with Crippen molar-refractivity contribution in [3.05, 3.63) is 97.2 Å². The molecule has 1 aliphatic rings. The predicted octanol–water partition coefficient (Wildman–Crippen LogP) is 6.75. The fraction of sp³-hybridized carbons (Fsp3) is 0.647. The van der Waals surface area contributed by atoms with E-state index in [0.29, 0.717) is 12.8 Å². The number of ether oxygens (including phenoxy) is 2. The van der Waals surface area contributed by atoms with Gasteiger partial charge in [-0.3, -0.25) is 18.6 Å². The standard InChI is InChI=1S/C51H83O16P/c1-3-5-7-8-9-10-11-12-13-14-15-16-17-18-19-20-21-26-30-36-45(56)66-41(39-65-68(62,63)67-51-49(60)47(58)46(57)48(59)50(51)61)38-64-44(55)37-31-35-43(54)42(53)34-29-25-23-22-24-28-33-40(52)32-27-6-4-2/h5,7,9-10,12-13,15-16,22-25,28-29,33-34,40-43,46-54,57-61H,3-4,6,8,11,14,17-21,26-27,30-32,35-39H2,1-2H3,(H,62,63)/b7-5-,10-9-,13-12-,16-15-,24-22-,25-23+,33-28+,34-29+/t40-,41-,42-,43-,46?,47-,48+,49-,50-,51?/m1/s1. The van der Waals surface area contributed by atoms with E-state index in [1.807, 2.05) is 0 Å². The first-order valence-corrected chi connectivity index (χ1v) is 25.9. The molecule has 11 atom stereocenters. The van der Waals surface area contributed by atoms with Gasteiger partial charge in [0.05, 0.1) is 24.9 Å². The van der Waals surface area contributed by atoms with E-state index in [1.54, 1.807) is 42.5 Å². The molecule has 68 heavy (non-hydrogen) atoms. The van der Waals surface area contributed by atoms with Crippen LogP contribution in [0.4, 0.5) is 0 Å². The maximum atomic E-state index is 12.8. The van der Waals surface area contributed by atoms with Crippen LogP contribution in [0, 0.1) is 0 Å². The summed E-state index contributed by atoms with van der Waals surface area (Å²) in [6.07, 6.45) is 27.9. The highest BCUT2D eigenvalue weighted by Crippen LogP contribution is 2.47. The number of unbranched alkanes of at least 4 members (excludes halogenated alkanes) is 8. The van der Waals surface area contributed by atoms with Gasteiger partial charge < -0.3 is 55.2 Å². The summed E-state index contributed by atoms with van der Waals surface area (Å²) in [4.78, 5) is 35.8. The van der Waals surface area contributed by atoms with Crippen LogP contribution in [-0.4, -0.2) is 132 Å². The number of phosphoric ester groups is 1. The van der Waals surface area contributed by atoms with Crippen LogP contribution in [0.1, 0.15) is 136 Å². The Bertz CT molecular complexity index is 1610. The molecule has 1 saturated carbocycles. The van der Waals surface area contributed by atoms with Crippen molar-refractivity contribution in [3.8, 4) is 0 Å². The van der Waals surface area contributed by atoms with Crippen molar-refractivity contribution in [2.45, 2.75) is 197 Å². The van der Waals surface area contributed by atoms with Crippen molar-refractivity contribution in [2.75, 3.05) is 13.2 Å². The highest BCUT2D eigenvalue weighted by atomic mass is 31.2. The number of esters is 2. The van der Waals surface area contributed by atoms with Crippen molar-refractivity contribution >= 4 is 19.8 Å². The highest BCUT2D eigenvalue weighted by molar-refractivity contribution is 7.47. The molecule has 0 aromatic carbocycles. The normalized spacial score (nSPS) is 23.3. The third-order valence-electron chi connectivity index (χ3n) is 10.8. The number of hydrogen-bond acceptors (Lipinski definition) is 15. The van der Waals surface area contributed by atoms with Crippen molar-refractivity contribution in [3.63, 3.8) is 0 Å². The first-order chi connectivity index (χ1) is 32.6. The molecular weight excluding hydrogens is 900 g/mol. The maximum Gasteiger partial charge on any atom is 0.472 e. The molecule has 16 nitrogen and oxygen atoms in total. The number of rotatable bonds is 38. The van der Waals surface area contributed by atoms with Gasteiger partial charge in [0.15, 0.2) is 6.10 Å². The zero-order valence-electron chi connectivity index (χ0n) is 40.2. The lowest BCUT2D eigenvalue weighted by molar-refractivity contribution is -0.220. The summed E-state index contributed by atoms with van der Waals surface area (Å²) < 4.78 is 33.3. The molecule has 9 N–H and O–H groups in total. The maximum absolute atomic E-state index is 12.8. The van der Waals surface area contributed by atoms with E-state index < -0.39 is 94.0 Å². The van der Waals surface area contributed by atoms with Crippen molar-refractivity contribution < 1.29 is 78.4 Å². The fourth-order valence-electron chi connectivity index (χ4n) is 6.72. The second-order valence-corrected chi connectivity index (χ2v) is 18.2. The molecule has 1 aliphatic carbocycles. The summed E-state index contributed by atoms with van der Waals surface area (Å²) in [5.41, 5.74) is 0. The highest BCUT2D eigenvalue weighted by Gasteiger charge is 2.51. The van der Waals surface area contributed by atoms with Crippen molar-refractivity contribution in [1.82, 2.24) is 0 Å². The number of aliphatic hydroxyl groups is 8. The lowest BCUT2D eigenvalue weighted by atomic mass is 9.85. The Balaban J connectivity index is 2.59. The van der Waals surface area contributed by atoms with E-state index in [0.717, 1.165) is 83.5 Å². The minimum Gasteiger partial charge on any atom is -0.462 e. The molecular formula is C51H83O16P. The molecule has 0 aromatic rings. The summed E-state index contributed by atoms with van der Waals surface area (Å²) in [6, 6.07) is 0. The Kier molecular flexibility index (Phi) is 36.3. The van der Waals surface area contributed by atoms with E-state index in [1.165, 1.54) is 6.08 Å². The lowest BCUT2D eigenvalue weighted by Crippen LogP contribution is -2.64. The van der Waals surface area contributed by atoms with Gasteiger partial charge in [0.2, 0.25) is 0 Å². The van der Waals surface area contributed by atoms with Crippen LogP contribution in [0.3, 0.4) is 0 Å². The van der Waals surface area contributed by atoms with Crippen LogP contribution in [0.5, 0.6) is 0 Å². The number of carbonyl (C=O) groups is 2. The monoisotopic (exact) mass is 983 g/mol. The predicted molar refractivity (Wildman–Crippen MR) is 262 cm³/mol. The molecule has 0 saturated heterocycles. The van der Waals surface area contributed by atoms with Crippen LogP contribution in [0.15, 0.2) is 97.2 Å². The van der Waals surface area contributed by atoms with Gasteiger partial charge in [-0.15, -0.1) is 0 Å². The van der Waals surface area contributed by atoms with Gasteiger partial charge in [-0.2, -0.15) is 0 Å². The van der Waals surface area contributed by atoms with Gasteiger partial charge in [0.1, 0.15) is 43.2 Å². The Hall–Kier alpha value is -3.35. The van der Waals surface area contributed by atoms with Crippen LogP contribution in [0.2, 0.25) is 0 Å². The zero-order valence-corrected chi connectivity index (χ0v) is 41.1. The SMILES string of the molecule is CC/C=C\C/C=C\C/C=C\C/C=C\CCCCCCCCC(=O)O[C@H](COC(=O)CCC[C@@H](O)[C@H](O)/C=C/C=C/C=C\C=C\[C@H](O)CCCCC)COP(=O)(O)OC1[C@H](O)[C@H](O)C(O)[C@H](O)[C@H]1O. The average Bonchev–Trinajstić information content (AvgIpc) is 3.31. The number of phosphoric acid groups is 1. The average molecular weight is 983 g/mol. The van der Waals surface area contributed by atoms with Crippen LogP contribution in [0.25, 0.3) is 0 Å². The quantitative estimate of drug-likeness (QED) is 0.0102. The van der Waals surface area contributed by atoms with E-state index >= 15 is 0 Å². The molecule has 0 bridgehead atoms. The number of carbonyl (C=O) groups excluding carboxylic acids is 2. The van der Waals surface area contributed by atoms with Gasteiger partial charge in [0, 0.05) is 12.8 Å². The summed E-state index contributed by atoms with van der Waals surface area (Å²) in [6.45, 7) is 2.77. The van der Waals surface area contributed by atoms with E-state index in [-0.39, 0.29) is 25.7 Å². The fourth-order valence-corrected chi connectivity index (χ4v) is 7.69. The zero-order chi connectivity index (χ0) is 50.4. The molecule has 0 aromatic heterocycles. The Morgan fingerprint density at radius 2 is 1.10 bits per heavy atom. The van der Waals surface area contributed by atoms with E-state index in [2.05, 4.69) is 62.5 Å². The Labute approximate surface area is 404 Å².